The van der Waals surface area contributed by atoms with Crippen LogP contribution in [0.1, 0.15) is 29.3 Å². The van der Waals surface area contributed by atoms with E-state index in [1.807, 2.05) is 0 Å². The Bertz CT molecular complexity index is 958. The molecule has 28 heavy (non-hydrogen) atoms. The summed E-state index contributed by atoms with van der Waals surface area (Å²) in [5.74, 6) is 0.202. The van der Waals surface area contributed by atoms with E-state index in [-0.39, 0.29) is 10.7 Å². The molecule has 10 heteroatoms. The molecular formula is C18H18F3N3O3S. The van der Waals surface area contributed by atoms with Crippen molar-refractivity contribution >= 4 is 21.6 Å². The van der Waals surface area contributed by atoms with Crippen LogP contribution in [-0.2, 0) is 16.2 Å². The second kappa shape index (κ2) is 7.51. The fourth-order valence-corrected chi connectivity index (χ4v) is 4.22. The van der Waals surface area contributed by atoms with Gasteiger partial charge in [0.2, 0.25) is 10.0 Å². The minimum atomic E-state index is -4.45. The van der Waals surface area contributed by atoms with E-state index >= 15 is 0 Å². The molecule has 2 aromatic rings. The van der Waals surface area contributed by atoms with Crippen molar-refractivity contribution in [1.82, 2.24) is 9.71 Å². The molecule has 0 radical (unpaired) electrons. The summed E-state index contributed by atoms with van der Waals surface area (Å²) in [5.41, 5.74) is -0.416. The molecule has 1 aromatic carbocycles. The van der Waals surface area contributed by atoms with Gasteiger partial charge in [0.1, 0.15) is 5.82 Å². The zero-order valence-electron chi connectivity index (χ0n) is 14.9. The van der Waals surface area contributed by atoms with Crippen LogP contribution in [0.25, 0.3) is 0 Å². The van der Waals surface area contributed by atoms with Gasteiger partial charge in [-0.25, -0.2) is 18.1 Å². The first-order valence-electron chi connectivity index (χ1n) is 8.48. The van der Waals surface area contributed by atoms with Crippen LogP contribution >= 0.6 is 0 Å². The van der Waals surface area contributed by atoms with Crippen LogP contribution in [0, 0.1) is 0 Å². The number of hydrogen-bond donors (Lipinski definition) is 1. The quantitative estimate of drug-likeness (QED) is 0.763. The van der Waals surface area contributed by atoms with E-state index < -0.39 is 27.8 Å². The maximum atomic E-state index is 12.6. The van der Waals surface area contributed by atoms with Crippen LogP contribution in [0.3, 0.4) is 0 Å². The Morgan fingerprint density at radius 3 is 2.39 bits per heavy atom. The van der Waals surface area contributed by atoms with E-state index in [9.17, 15) is 26.4 Å². The zero-order valence-corrected chi connectivity index (χ0v) is 15.7. The Hall–Kier alpha value is -2.46. The van der Waals surface area contributed by atoms with Gasteiger partial charge < -0.3 is 4.90 Å². The topological polar surface area (TPSA) is 79.4 Å². The van der Waals surface area contributed by atoms with Gasteiger partial charge in [0.25, 0.3) is 0 Å². The number of Topliss-reactive ketones (excluding diaryl/α,β-unsaturated/α-hetero) is 1. The van der Waals surface area contributed by atoms with E-state index in [4.69, 9.17) is 0 Å². The van der Waals surface area contributed by atoms with E-state index in [2.05, 4.69) is 9.71 Å². The van der Waals surface area contributed by atoms with Gasteiger partial charge in [0.05, 0.1) is 10.5 Å². The second-order valence-corrected chi connectivity index (χ2v) is 8.25. The van der Waals surface area contributed by atoms with Gasteiger partial charge in [0.15, 0.2) is 5.78 Å². The van der Waals surface area contributed by atoms with Gasteiger partial charge in [-0.15, -0.1) is 0 Å². The average Bonchev–Trinajstić information content (AvgIpc) is 3.09. The molecule has 0 saturated carbocycles. The lowest BCUT2D eigenvalue weighted by Crippen LogP contribution is -2.37. The number of ketones is 1. The van der Waals surface area contributed by atoms with Crippen molar-refractivity contribution in [2.45, 2.75) is 30.5 Å². The number of benzene rings is 1. The normalized spacial score (nSPS) is 17.7. The molecule has 0 spiro atoms. The van der Waals surface area contributed by atoms with Gasteiger partial charge >= 0.3 is 6.18 Å². The van der Waals surface area contributed by atoms with Crippen molar-refractivity contribution in [3.8, 4) is 0 Å². The van der Waals surface area contributed by atoms with Crippen LogP contribution in [0.2, 0.25) is 0 Å². The first-order chi connectivity index (χ1) is 13.1. The Morgan fingerprint density at radius 2 is 1.86 bits per heavy atom. The Balaban J connectivity index is 1.66. The number of nitrogens with zero attached hydrogens (tertiary/aromatic N) is 2. The Morgan fingerprint density at radius 1 is 1.18 bits per heavy atom. The predicted molar refractivity (Wildman–Crippen MR) is 96.6 cm³/mol. The summed E-state index contributed by atoms with van der Waals surface area (Å²) < 4.78 is 65.5. The minimum absolute atomic E-state index is 0.0450. The number of carbonyl (C=O) groups excluding carboxylic acids is 1. The summed E-state index contributed by atoms with van der Waals surface area (Å²) >= 11 is 0. The van der Waals surface area contributed by atoms with Gasteiger partial charge in [-0.1, -0.05) is 12.1 Å². The van der Waals surface area contributed by atoms with Gasteiger partial charge in [0, 0.05) is 30.9 Å². The molecule has 6 nitrogen and oxygen atoms in total. The number of pyridine rings is 1. The first-order valence-corrected chi connectivity index (χ1v) is 9.96. The zero-order chi connectivity index (χ0) is 20.5. The SMILES string of the molecule is CC(=O)c1ccc(S(=O)(=O)NC2CCN(c3ccc(C(F)(F)F)cn3)C2)cc1. The van der Waals surface area contributed by atoms with Gasteiger partial charge in [-0.2, -0.15) is 13.2 Å². The number of aromatic nitrogens is 1. The molecule has 150 valence electrons. The third-order valence-corrected chi connectivity index (χ3v) is 6.02. The molecule has 0 bridgehead atoms. The van der Waals surface area contributed by atoms with Gasteiger partial charge in [-0.05, 0) is 37.6 Å². The minimum Gasteiger partial charge on any atom is -0.355 e. The van der Waals surface area contributed by atoms with Crippen molar-refractivity contribution in [1.29, 1.82) is 0 Å². The number of carbonyl (C=O) groups is 1. The summed E-state index contributed by atoms with van der Waals surface area (Å²) in [6, 6.07) is 7.46. The summed E-state index contributed by atoms with van der Waals surface area (Å²) in [6.45, 7) is 2.15. The number of hydrogen-bond acceptors (Lipinski definition) is 5. The third kappa shape index (κ3) is 4.50. The lowest BCUT2D eigenvalue weighted by atomic mass is 10.2. The molecule has 1 atom stereocenters. The smallest absolute Gasteiger partial charge is 0.355 e. The van der Waals surface area contributed by atoms with Crippen LogP contribution in [-0.4, -0.2) is 38.3 Å². The molecule has 1 unspecified atom stereocenters. The number of halogens is 3. The molecule has 1 fully saturated rings. The lowest BCUT2D eigenvalue weighted by molar-refractivity contribution is -0.137. The van der Waals surface area contributed by atoms with Crippen LogP contribution in [0.5, 0.6) is 0 Å². The molecule has 0 amide bonds. The number of nitrogens with one attached hydrogen (secondary N) is 1. The maximum Gasteiger partial charge on any atom is 0.417 e. The number of rotatable bonds is 5. The standard InChI is InChI=1S/C18H18F3N3O3S/c1-12(25)13-2-5-16(6-3-13)28(26,27)23-15-8-9-24(11-15)17-7-4-14(10-22-17)18(19,20)21/h2-7,10,15,23H,8-9,11H2,1H3. The summed E-state index contributed by atoms with van der Waals surface area (Å²) in [5, 5.41) is 0. The summed E-state index contributed by atoms with van der Waals surface area (Å²) in [4.78, 5) is 16.9. The van der Waals surface area contributed by atoms with Crippen LogP contribution < -0.4 is 9.62 Å². The van der Waals surface area contributed by atoms with Gasteiger partial charge in [-0.3, -0.25) is 4.79 Å². The van der Waals surface area contributed by atoms with Crippen molar-refractivity contribution in [2.24, 2.45) is 0 Å². The first kappa shape index (κ1) is 20.3. The molecule has 0 aliphatic carbocycles. The summed E-state index contributed by atoms with van der Waals surface area (Å²) in [7, 11) is -3.77. The number of anilines is 1. The second-order valence-electron chi connectivity index (χ2n) is 6.54. The highest BCUT2D eigenvalue weighted by Crippen LogP contribution is 2.30. The molecule has 1 aliphatic rings. The molecule has 1 aromatic heterocycles. The fourth-order valence-electron chi connectivity index (χ4n) is 2.96. The molecule has 3 rings (SSSR count). The fraction of sp³-hybridized carbons (Fsp3) is 0.333. The van der Waals surface area contributed by atoms with Crippen molar-refractivity contribution < 1.29 is 26.4 Å². The molecular weight excluding hydrogens is 395 g/mol. The summed E-state index contributed by atoms with van der Waals surface area (Å²) in [6.07, 6.45) is -3.19. The van der Waals surface area contributed by atoms with Crippen molar-refractivity contribution in [3.05, 3.63) is 53.7 Å². The molecule has 1 aliphatic heterocycles. The van der Waals surface area contributed by atoms with Crippen LogP contribution in [0.15, 0.2) is 47.5 Å². The molecule has 1 saturated heterocycles. The van der Waals surface area contributed by atoms with Crippen LogP contribution in [0.4, 0.5) is 19.0 Å². The van der Waals surface area contributed by atoms with E-state index in [0.29, 0.717) is 30.9 Å². The molecule has 1 N–H and O–H groups in total. The van der Waals surface area contributed by atoms with E-state index in [0.717, 1.165) is 12.3 Å². The van der Waals surface area contributed by atoms with E-state index in [1.165, 1.54) is 37.3 Å². The molecule has 2 heterocycles. The monoisotopic (exact) mass is 413 g/mol. The average molecular weight is 413 g/mol. The number of sulfonamides is 1. The largest absolute Gasteiger partial charge is 0.417 e. The lowest BCUT2D eigenvalue weighted by Gasteiger charge is -2.18. The highest BCUT2D eigenvalue weighted by Gasteiger charge is 2.32. The maximum absolute atomic E-state index is 12.6. The highest BCUT2D eigenvalue weighted by atomic mass is 32.2. The number of alkyl halides is 3. The van der Waals surface area contributed by atoms with Crippen molar-refractivity contribution in [2.75, 3.05) is 18.0 Å². The Labute approximate surface area is 160 Å². The Kier molecular flexibility index (Phi) is 5.44. The van der Waals surface area contributed by atoms with E-state index in [1.54, 1.807) is 4.90 Å². The third-order valence-electron chi connectivity index (χ3n) is 4.48. The van der Waals surface area contributed by atoms with Crippen molar-refractivity contribution in [3.63, 3.8) is 0 Å². The predicted octanol–water partition coefficient (Wildman–Crippen LogP) is 2.86. The highest BCUT2D eigenvalue weighted by molar-refractivity contribution is 7.89.